The van der Waals surface area contributed by atoms with Crippen molar-refractivity contribution < 1.29 is 9.90 Å². The fourth-order valence-corrected chi connectivity index (χ4v) is 3.43. The van der Waals surface area contributed by atoms with Crippen LogP contribution in [0.25, 0.3) is 0 Å². The maximum absolute atomic E-state index is 10.4. The fraction of sp³-hybridized carbons (Fsp3) is 0.955. The molecule has 0 aliphatic rings. The van der Waals surface area contributed by atoms with Crippen LogP contribution in [0.5, 0.6) is 0 Å². The minimum Gasteiger partial charge on any atom is -0.481 e. The number of carboxylic acids is 1. The van der Waals surface area contributed by atoms with Crippen molar-refractivity contribution in [3.05, 3.63) is 0 Å². The second kappa shape index (κ2) is 16.0. The molecule has 0 aliphatic carbocycles. The smallest absolute Gasteiger partial charge is 0.303 e. The summed E-state index contributed by atoms with van der Waals surface area (Å²) in [6.07, 6.45) is 17.3. The Labute approximate surface area is 151 Å². The van der Waals surface area contributed by atoms with Gasteiger partial charge in [-0.3, -0.25) is 4.79 Å². The molecule has 1 N–H and O–H groups in total. The number of unbranched alkanes of at least 4 members (excludes halogenated alkanes) is 11. The molecule has 0 aromatic rings. The van der Waals surface area contributed by atoms with Crippen molar-refractivity contribution >= 4 is 5.97 Å². The lowest BCUT2D eigenvalue weighted by Gasteiger charge is -2.23. The molecule has 0 heterocycles. The Balaban J connectivity index is 3.19. The Bertz CT molecular complexity index is 286. The van der Waals surface area contributed by atoms with Crippen molar-refractivity contribution in [3.63, 3.8) is 0 Å². The summed E-state index contributed by atoms with van der Waals surface area (Å²) in [6.45, 7) is 9.52. The molecule has 0 aromatic heterocycles. The van der Waals surface area contributed by atoms with E-state index in [0.717, 1.165) is 30.6 Å². The third-order valence-electron chi connectivity index (χ3n) is 5.75. The zero-order valence-electron chi connectivity index (χ0n) is 17.0. The number of hydrogen-bond acceptors (Lipinski definition) is 1. The summed E-state index contributed by atoms with van der Waals surface area (Å²) in [7, 11) is 0. The number of rotatable bonds is 17. The molecular weight excluding hydrogens is 296 g/mol. The molecule has 0 radical (unpaired) electrons. The van der Waals surface area contributed by atoms with Crippen molar-refractivity contribution in [1.82, 2.24) is 0 Å². The third kappa shape index (κ3) is 15.0. The van der Waals surface area contributed by atoms with Crippen LogP contribution in [-0.2, 0) is 4.79 Å². The minimum atomic E-state index is -0.654. The van der Waals surface area contributed by atoms with Crippen LogP contribution in [0.2, 0.25) is 0 Å². The van der Waals surface area contributed by atoms with E-state index in [9.17, 15) is 4.79 Å². The lowest BCUT2D eigenvalue weighted by atomic mass is 9.83. The first-order chi connectivity index (χ1) is 11.4. The summed E-state index contributed by atoms with van der Waals surface area (Å²) in [6, 6.07) is 0. The van der Waals surface area contributed by atoms with Gasteiger partial charge in [0.2, 0.25) is 0 Å². The van der Waals surface area contributed by atoms with Gasteiger partial charge < -0.3 is 5.11 Å². The quantitative estimate of drug-likeness (QED) is 0.279. The average Bonchev–Trinajstić information content (AvgIpc) is 2.53. The van der Waals surface area contributed by atoms with Gasteiger partial charge in [-0.25, -0.2) is 0 Å². The molecule has 24 heavy (non-hydrogen) atoms. The highest BCUT2D eigenvalue weighted by atomic mass is 16.4. The first-order valence-electron chi connectivity index (χ1n) is 10.7. The molecule has 144 valence electrons. The van der Waals surface area contributed by atoms with Gasteiger partial charge in [0, 0.05) is 6.42 Å². The summed E-state index contributed by atoms with van der Waals surface area (Å²) in [5.41, 5.74) is 0. The zero-order chi connectivity index (χ0) is 18.2. The number of carboxylic acid groups (broad SMARTS) is 1. The SMILES string of the molecule is CC(C)C(C)C(C)CCCCCCCCCCCCCCC(=O)O. The van der Waals surface area contributed by atoms with Gasteiger partial charge in [-0.1, -0.05) is 105 Å². The van der Waals surface area contributed by atoms with Crippen molar-refractivity contribution in [1.29, 1.82) is 0 Å². The summed E-state index contributed by atoms with van der Waals surface area (Å²) in [4.78, 5) is 10.4. The van der Waals surface area contributed by atoms with Gasteiger partial charge in [0.15, 0.2) is 0 Å². The van der Waals surface area contributed by atoms with E-state index < -0.39 is 5.97 Å². The Morgan fingerprint density at radius 3 is 1.42 bits per heavy atom. The zero-order valence-corrected chi connectivity index (χ0v) is 17.0. The van der Waals surface area contributed by atoms with Gasteiger partial charge in [0.1, 0.15) is 0 Å². The molecule has 0 fully saturated rings. The third-order valence-corrected chi connectivity index (χ3v) is 5.75. The molecular formula is C22H44O2. The van der Waals surface area contributed by atoms with E-state index in [1.54, 1.807) is 0 Å². The molecule has 0 rings (SSSR count). The Morgan fingerprint density at radius 2 is 1.04 bits per heavy atom. The highest BCUT2D eigenvalue weighted by Gasteiger charge is 2.14. The second-order valence-electron chi connectivity index (χ2n) is 8.26. The predicted molar refractivity (Wildman–Crippen MR) is 105 cm³/mol. The molecule has 0 saturated carbocycles. The molecule has 0 aromatic carbocycles. The predicted octanol–water partition coefficient (Wildman–Crippen LogP) is 7.46. The molecule has 2 heteroatoms. The van der Waals surface area contributed by atoms with E-state index >= 15 is 0 Å². The molecule has 0 aliphatic heterocycles. The lowest BCUT2D eigenvalue weighted by molar-refractivity contribution is -0.137. The summed E-state index contributed by atoms with van der Waals surface area (Å²) in [5.74, 6) is 1.89. The van der Waals surface area contributed by atoms with Gasteiger partial charge in [-0.15, -0.1) is 0 Å². The second-order valence-corrected chi connectivity index (χ2v) is 8.26. The maximum Gasteiger partial charge on any atom is 0.303 e. The van der Waals surface area contributed by atoms with Crippen LogP contribution < -0.4 is 0 Å². The van der Waals surface area contributed by atoms with Crippen LogP contribution in [0, 0.1) is 17.8 Å². The summed E-state index contributed by atoms with van der Waals surface area (Å²) < 4.78 is 0. The summed E-state index contributed by atoms with van der Waals surface area (Å²) in [5, 5.41) is 8.56. The largest absolute Gasteiger partial charge is 0.481 e. The molecule has 2 unspecified atom stereocenters. The normalized spacial score (nSPS) is 14.0. The average molecular weight is 341 g/mol. The van der Waals surface area contributed by atoms with Crippen molar-refractivity contribution in [2.45, 2.75) is 118 Å². The monoisotopic (exact) mass is 340 g/mol. The first kappa shape index (κ1) is 23.5. The molecule has 0 saturated heterocycles. The first-order valence-corrected chi connectivity index (χ1v) is 10.7. The van der Waals surface area contributed by atoms with Crippen molar-refractivity contribution in [2.24, 2.45) is 17.8 Å². The van der Waals surface area contributed by atoms with Gasteiger partial charge >= 0.3 is 5.97 Å². The van der Waals surface area contributed by atoms with Gasteiger partial charge in [0.05, 0.1) is 0 Å². The number of carbonyl (C=O) groups is 1. The molecule has 0 bridgehead atoms. The standard InChI is InChI=1S/C22H44O2/c1-19(2)21(4)20(3)17-15-13-11-9-7-5-6-8-10-12-14-16-18-22(23)24/h19-21H,5-18H2,1-4H3,(H,23,24). The lowest BCUT2D eigenvalue weighted by Crippen LogP contribution is -2.14. The molecule has 2 nitrogen and oxygen atoms in total. The topological polar surface area (TPSA) is 37.3 Å². The van der Waals surface area contributed by atoms with Gasteiger partial charge in [-0.2, -0.15) is 0 Å². The Hall–Kier alpha value is -0.530. The highest BCUT2D eigenvalue weighted by Crippen LogP contribution is 2.25. The van der Waals surface area contributed by atoms with E-state index in [0.29, 0.717) is 6.42 Å². The van der Waals surface area contributed by atoms with E-state index in [2.05, 4.69) is 27.7 Å². The van der Waals surface area contributed by atoms with Crippen molar-refractivity contribution in [3.8, 4) is 0 Å². The molecule has 2 atom stereocenters. The molecule has 0 spiro atoms. The van der Waals surface area contributed by atoms with E-state index in [1.165, 1.54) is 70.6 Å². The van der Waals surface area contributed by atoms with Crippen LogP contribution >= 0.6 is 0 Å². The van der Waals surface area contributed by atoms with Crippen LogP contribution in [0.3, 0.4) is 0 Å². The van der Waals surface area contributed by atoms with Crippen LogP contribution in [0.4, 0.5) is 0 Å². The Morgan fingerprint density at radius 1 is 0.667 bits per heavy atom. The van der Waals surface area contributed by atoms with E-state index in [1.807, 2.05) is 0 Å². The fourth-order valence-electron chi connectivity index (χ4n) is 3.43. The minimum absolute atomic E-state index is 0.342. The highest BCUT2D eigenvalue weighted by molar-refractivity contribution is 5.66. The van der Waals surface area contributed by atoms with Crippen LogP contribution in [0.15, 0.2) is 0 Å². The van der Waals surface area contributed by atoms with Crippen LogP contribution in [0.1, 0.15) is 118 Å². The summed E-state index contributed by atoms with van der Waals surface area (Å²) >= 11 is 0. The number of aliphatic carboxylic acids is 1. The van der Waals surface area contributed by atoms with E-state index in [-0.39, 0.29) is 0 Å². The van der Waals surface area contributed by atoms with Gasteiger partial charge in [-0.05, 0) is 24.2 Å². The van der Waals surface area contributed by atoms with Crippen LogP contribution in [-0.4, -0.2) is 11.1 Å². The maximum atomic E-state index is 10.4. The van der Waals surface area contributed by atoms with Gasteiger partial charge in [0.25, 0.3) is 0 Å². The number of hydrogen-bond donors (Lipinski definition) is 1. The molecule has 0 amide bonds. The van der Waals surface area contributed by atoms with Crippen molar-refractivity contribution in [2.75, 3.05) is 0 Å². The van der Waals surface area contributed by atoms with E-state index in [4.69, 9.17) is 5.11 Å². The Kier molecular flexibility index (Phi) is 15.6.